The van der Waals surface area contributed by atoms with Crippen molar-refractivity contribution in [2.24, 2.45) is 11.8 Å². The molecule has 23 heavy (non-hydrogen) atoms. The van der Waals surface area contributed by atoms with Crippen LogP contribution in [0.25, 0.3) is 11.0 Å². The summed E-state index contributed by atoms with van der Waals surface area (Å²) in [5, 5.41) is 0.849. The largest absolute Gasteiger partial charge is 0.423 e. The molecule has 122 valence electrons. The van der Waals surface area contributed by atoms with E-state index in [0.717, 1.165) is 29.6 Å². The van der Waals surface area contributed by atoms with E-state index in [1.165, 1.54) is 12.5 Å². The Balaban J connectivity index is 1.89. The molecule has 0 spiro atoms. The Morgan fingerprint density at radius 2 is 1.91 bits per heavy atom. The summed E-state index contributed by atoms with van der Waals surface area (Å²) in [6.45, 7) is 7.94. The highest BCUT2D eigenvalue weighted by Crippen LogP contribution is 2.23. The molecule has 1 aliphatic heterocycles. The quantitative estimate of drug-likeness (QED) is 0.800. The Bertz CT molecular complexity index is 783. The van der Waals surface area contributed by atoms with Crippen molar-refractivity contribution in [2.45, 2.75) is 33.6 Å². The first kappa shape index (κ1) is 15.8. The van der Waals surface area contributed by atoms with Crippen LogP contribution in [-0.4, -0.2) is 23.9 Å². The summed E-state index contributed by atoms with van der Waals surface area (Å²) < 4.78 is 5.26. The van der Waals surface area contributed by atoms with Gasteiger partial charge in [-0.15, -0.1) is 0 Å². The summed E-state index contributed by atoms with van der Waals surface area (Å²) in [6.07, 6.45) is 1.42. The van der Waals surface area contributed by atoms with Crippen molar-refractivity contribution >= 4 is 16.9 Å². The second-order valence-corrected chi connectivity index (χ2v) is 7.01. The fourth-order valence-corrected chi connectivity index (χ4v) is 3.62. The molecule has 4 nitrogen and oxygen atoms in total. The first-order valence-electron chi connectivity index (χ1n) is 8.23. The van der Waals surface area contributed by atoms with E-state index in [9.17, 15) is 9.59 Å². The molecule has 2 atom stereocenters. The fourth-order valence-electron chi connectivity index (χ4n) is 3.62. The molecule has 1 amide bonds. The third-order valence-corrected chi connectivity index (χ3v) is 4.55. The molecular formula is C19H23NO3. The summed E-state index contributed by atoms with van der Waals surface area (Å²) in [6, 6.07) is 7.20. The zero-order valence-corrected chi connectivity index (χ0v) is 14.0. The maximum absolute atomic E-state index is 12.7. The second kappa shape index (κ2) is 6.19. The highest BCUT2D eigenvalue weighted by atomic mass is 16.4. The first-order chi connectivity index (χ1) is 10.9. The fraction of sp³-hybridized carbons (Fsp3) is 0.474. The molecule has 3 rings (SSSR count). The van der Waals surface area contributed by atoms with Crippen LogP contribution in [0.5, 0.6) is 0 Å². The van der Waals surface area contributed by atoms with Crippen molar-refractivity contribution in [3.8, 4) is 0 Å². The van der Waals surface area contributed by atoms with Crippen molar-refractivity contribution < 1.29 is 9.21 Å². The number of likely N-dealkylation sites (tertiary alicyclic amines) is 1. The van der Waals surface area contributed by atoms with Crippen LogP contribution in [0.2, 0.25) is 0 Å². The first-order valence-corrected chi connectivity index (χ1v) is 8.23. The minimum absolute atomic E-state index is 0.0934. The predicted molar refractivity (Wildman–Crippen MR) is 90.5 cm³/mol. The van der Waals surface area contributed by atoms with Crippen molar-refractivity contribution in [1.29, 1.82) is 0 Å². The van der Waals surface area contributed by atoms with E-state index in [-0.39, 0.29) is 12.3 Å². The van der Waals surface area contributed by atoms with Crippen molar-refractivity contribution in [3.63, 3.8) is 0 Å². The molecule has 0 bridgehead atoms. The zero-order chi connectivity index (χ0) is 16.6. The van der Waals surface area contributed by atoms with Crippen LogP contribution >= 0.6 is 0 Å². The molecule has 0 N–H and O–H groups in total. The summed E-state index contributed by atoms with van der Waals surface area (Å²) in [5.74, 6) is 1.15. The van der Waals surface area contributed by atoms with Gasteiger partial charge in [-0.3, -0.25) is 4.79 Å². The van der Waals surface area contributed by atoms with E-state index in [1.807, 2.05) is 30.0 Å². The number of fused-ring (bicyclic) bond motifs is 1. The smallest absolute Gasteiger partial charge is 0.336 e. The minimum Gasteiger partial charge on any atom is -0.423 e. The number of rotatable bonds is 2. The molecule has 1 aliphatic rings. The summed E-state index contributed by atoms with van der Waals surface area (Å²) in [7, 11) is 0. The number of carbonyl (C=O) groups excluding carboxylic acids is 1. The third kappa shape index (κ3) is 3.46. The standard InChI is InChI=1S/C19H23NO3/c1-12-4-5-16-15(9-19(22)23-17(16)7-12)8-18(21)20-10-13(2)6-14(3)11-20/h4-5,7,9,13-14H,6,8,10-11H2,1-3H3. The number of nitrogens with zero attached hydrogens (tertiary/aromatic N) is 1. The molecule has 0 saturated carbocycles. The van der Waals surface area contributed by atoms with E-state index in [4.69, 9.17) is 4.42 Å². The molecule has 1 saturated heterocycles. The van der Waals surface area contributed by atoms with Crippen LogP contribution < -0.4 is 5.63 Å². The molecule has 0 radical (unpaired) electrons. The number of hydrogen-bond donors (Lipinski definition) is 0. The number of aryl methyl sites for hydroxylation is 1. The van der Waals surface area contributed by atoms with Gasteiger partial charge in [0.15, 0.2) is 0 Å². The number of benzene rings is 1. The highest BCUT2D eigenvalue weighted by molar-refractivity contribution is 5.87. The average molecular weight is 313 g/mol. The van der Waals surface area contributed by atoms with Crippen LogP contribution in [-0.2, 0) is 11.2 Å². The predicted octanol–water partition coefficient (Wildman–Crippen LogP) is 3.15. The third-order valence-electron chi connectivity index (χ3n) is 4.55. The van der Waals surface area contributed by atoms with Gasteiger partial charge in [0.05, 0.1) is 6.42 Å². The SMILES string of the molecule is Cc1ccc2c(CC(=O)N3CC(C)CC(C)C3)cc(=O)oc2c1. The summed E-state index contributed by atoms with van der Waals surface area (Å²) in [4.78, 5) is 26.4. The second-order valence-electron chi connectivity index (χ2n) is 7.01. The lowest BCUT2D eigenvalue weighted by molar-refractivity contribution is -0.133. The van der Waals surface area contributed by atoms with Gasteiger partial charge in [0, 0.05) is 24.5 Å². The molecule has 2 aromatic rings. The molecule has 1 fully saturated rings. The minimum atomic E-state index is -0.397. The highest BCUT2D eigenvalue weighted by Gasteiger charge is 2.25. The van der Waals surface area contributed by atoms with Crippen molar-refractivity contribution in [2.75, 3.05) is 13.1 Å². The van der Waals surface area contributed by atoms with Gasteiger partial charge in [-0.2, -0.15) is 0 Å². The van der Waals surface area contributed by atoms with Gasteiger partial charge in [0.2, 0.25) is 5.91 Å². The maximum Gasteiger partial charge on any atom is 0.336 e. The Morgan fingerprint density at radius 1 is 1.22 bits per heavy atom. The topological polar surface area (TPSA) is 50.5 Å². The molecule has 2 heterocycles. The van der Waals surface area contributed by atoms with Crippen molar-refractivity contribution in [1.82, 2.24) is 4.90 Å². The summed E-state index contributed by atoms with van der Waals surface area (Å²) >= 11 is 0. The van der Waals surface area contributed by atoms with Gasteiger partial charge in [-0.1, -0.05) is 26.0 Å². The molecule has 4 heteroatoms. The Kier molecular flexibility index (Phi) is 4.24. The number of amides is 1. The van der Waals surface area contributed by atoms with E-state index in [2.05, 4.69) is 13.8 Å². The lowest BCUT2D eigenvalue weighted by Crippen LogP contribution is -2.43. The Morgan fingerprint density at radius 3 is 2.61 bits per heavy atom. The van der Waals surface area contributed by atoms with Crippen LogP contribution in [0.15, 0.2) is 33.5 Å². The molecular weight excluding hydrogens is 290 g/mol. The number of hydrogen-bond acceptors (Lipinski definition) is 3. The van der Waals surface area contributed by atoms with Crippen molar-refractivity contribution in [3.05, 3.63) is 45.8 Å². The van der Waals surface area contributed by atoms with Gasteiger partial charge >= 0.3 is 5.63 Å². The zero-order valence-electron chi connectivity index (χ0n) is 14.0. The number of carbonyl (C=O) groups is 1. The molecule has 0 aliphatic carbocycles. The van der Waals surface area contributed by atoms with Crippen LogP contribution in [0, 0.1) is 18.8 Å². The summed E-state index contributed by atoms with van der Waals surface area (Å²) in [5.41, 5.74) is 1.95. The number of piperidine rings is 1. The normalized spacial score (nSPS) is 21.6. The van der Waals surface area contributed by atoms with Gasteiger partial charge in [-0.25, -0.2) is 4.79 Å². The van der Waals surface area contributed by atoms with Crippen LogP contribution in [0.4, 0.5) is 0 Å². The maximum atomic E-state index is 12.7. The van der Waals surface area contributed by atoms with Gasteiger partial charge in [0.25, 0.3) is 0 Å². The van der Waals surface area contributed by atoms with E-state index < -0.39 is 5.63 Å². The Hall–Kier alpha value is -2.10. The van der Waals surface area contributed by atoms with Gasteiger partial charge in [0.1, 0.15) is 5.58 Å². The molecule has 1 aromatic heterocycles. The Labute approximate surface area is 136 Å². The molecule has 2 unspecified atom stereocenters. The van der Waals surface area contributed by atoms with E-state index in [1.54, 1.807) is 0 Å². The van der Waals surface area contributed by atoms with Gasteiger partial charge in [-0.05, 0) is 42.4 Å². The van der Waals surface area contributed by atoms with E-state index in [0.29, 0.717) is 17.4 Å². The van der Waals surface area contributed by atoms with Gasteiger partial charge < -0.3 is 9.32 Å². The monoisotopic (exact) mass is 313 g/mol. The van der Waals surface area contributed by atoms with Crippen LogP contribution in [0.1, 0.15) is 31.4 Å². The lowest BCUT2D eigenvalue weighted by atomic mass is 9.91. The average Bonchev–Trinajstić information content (AvgIpc) is 2.45. The lowest BCUT2D eigenvalue weighted by Gasteiger charge is -2.35. The molecule has 1 aromatic carbocycles. The van der Waals surface area contributed by atoms with E-state index >= 15 is 0 Å². The van der Waals surface area contributed by atoms with Crippen LogP contribution in [0.3, 0.4) is 0 Å².